The molecule has 116 valence electrons. The highest BCUT2D eigenvalue weighted by Crippen LogP contribution is 2.18. The van der Waals surface area contributed by atoms with Gasteiger partial charge in [0, 0.05) is 10.7 Å². The number of halogens is 1. The first-order valence-electron chi connectivity index (χ1n) is 6.57. The van der Waals surface area contributed by atoms with Gasteiger partial charge in [-0.2, -0.15) is 0 Å². The molecule has 6 heteroatoms. The number of benzene rings is 2. The molecule has 0 unspecified atom stereocenters. The molecule has 0 fully saturated rings. The molecular formula is C16H16ClNO3S. The Bertz CT molecular complexity index is 725. The van der Waals surface area contributed by atoms with Gasteiger partial charge < -0.3 is 4.74 Å². The van der Waals surface area contributed by atoms with Crippen LogP contribution in [0.2, 0.25) is 5.02 Å². The maximum atomic E-state index is 12.1. The maximum Gasteiger partial charge on any atom is 0.236 e. The predicted octanol–water partition coefficient (Wildman–Crippen LogP) is 3.85. The summed E-state index contributed by atoms with van der Waals surface area (Å²) in [6.07, 6.45) is 1.64. The second-order valence-electron chi connectivity index (χ2n) is 4.61. The molecule has 0 amide bonds. The van der Waals surface area contributed by atoms with Crippen LogP contribution in [-0.4, -0.2) is 15.0 Å². The monoisotopic (exact) mass is 337 g/mol. The summed E-state index contributed by atoms with van der Waals surface area (Å²) in [7, 11) is -3.48. The lowest BCUT2D eigenvalue weighted by Gasteiger charge is -2.09. The fourth-order valence-corrected chi connectivity index (χ4v) is 3.11. The van der Waals surface area contributed by atoms with E-state index in [0.717, 1.165) is 0 Å². The molecule has 0 aliphatic heterocycles. The van der Waals surface area contributed by atoms with Crippen molar-refractivity contribution in [2.45, 2.75) is 5.75 Å². The molecule has 0 spiro atoms. The van der Waals surface area contributed by atoms with Crippen LogP contribution in [0.1, 0.15) is 5.56 Å². The van der Waals surface area contributed by atoms with Crippen LogP contribution < -0.4 is 9.46 Å². The van der Waals surface area contributed by atoms with Gasteiger partial charge in [0.15, 0.2) is 0 Å². The summed E-state index contributed by atoms with van der Waals surface area (Å²) in [6.45, 7) is 3.97. The Balaban J connectivity index is 2.01. The van der Waals surface area contributed by atoms with Crippen LogP contribution in [0.3, 0.4) is 0 Å². The minimum atomic E-state index is -3.48. The van der Waals surface area contributed by atoms with Crippen LogP contribution in [0.4, 0.5) is 5.69 Å². The quantitative estimate of drug-likeness (QED) is 0.781. The number of hydrogen-bond donors (Lipinski definition) is 1. The topological polar surface area (TPSA) is 55.4 Å². The van der Waals surface area contributed by atoms with Crippen LogP contribution in [0.25, 0.3) is 0 Å². The van der Waals surface area contributed by atoms with Crippen molar-refractivity contribution in [3.05, 3.63) is 71.8 Å². The molecule has 4 nitrogen and oxygen atoms in total. The van der Waals surface area contributed by atoms with E-state index in [2.05, 4.69) is 11.3 Å². The van der Waals surface area contributed by atoms with Crippen LogP contribution in [0.15, 0.2) is 61.2 Å². The van der Waals surface area contributed by atoms with Gasteiger partial charge in [0.05, 0.1) is 5.75 Å². The summed E-state index contributed by atoms with van der Waals surface area (Å²) in [5.74, 6) is 0.541. The third-order valence-corrected chi connectivity index (χ3v) is 4.28. The molecule has 0 atom stereocenters. The van der Waals surface area contributed by atoms with Crippen molar-refractivity contribution in [2.75, 3.05) is 11.3 Å². The van der Waals surface area contributed by atoms with Crippen LogP contribution in [0, 0.1) is 0 Å². The van der Waals surface area contributed by atoms with Crippen molar-refractivity contribution in [3.8, 4) is 5.75 Å². The van der Waals surface area contributed by atoms with Crippen molar-refractivity contribution in [3.63, 3.8) is 0 Å². The summed E-state index contributed by atoms with van der Waals surface area (Å²) >= 11 is 5.78. The third-order valence-electron chi connectivity index (χ3n) is 2.77. The molecule has 0 bridgehead atoms. The molecule has 2 aromatic rings. The molecule has 0 radical (unpaired) electrons. The van der Waals surface area contributed by atoms with Crippen LogP contribution in [-0.2, 0) is 15.8 Å². The number of ether oxygens (including phenoxy) is 1. The zero-order chi connectivity index (χ0) is 16.0. The smallest absolute Gasteiger partial charge is 0.236 e. The van der Waals surface area contributed by atoms with Gasteiger partial charge in [0.1, 0.15) is 12.4 Å². The highest BCUT2D eigenvalue weighted by atomic mass is 35.5. The van der Waals surface area contributed by atoms with Gasteiger partial charge in [0.25, 0.3) is 0 Å². The van der Waals surface area contributed by atoms with Gasteiger partial charge >= 0.3 is 0 Å². The summed E-state index contributed by atoms with van der Waals surface area (Å²) in [5, 5.41) is 0.573. The zero-order valence-electron chi connectivity index (χ0n) is 11.8. The largest absolute Gasteiger partial charge is 0.490 e. The molecule has 0 aromatic heterocycles. The van der Waals surface area contributed by atoms with Gasteiger partial charge in [-0.05, 0) is 42.0 Å². The van der Waals surface area contributed by atoms with Gasteiger partial charge in [-0.3, -0.25) is 4.72 Å². The van der Waals surface area contributed by atoms with Gasteiger partial charge in [-0.25, -0.2) is 8.42 Å². The first-order chi connectivity index (χ1) is 10.5. The first-order valence-corrected chi connectivity index (χ1v) is 8.60. The number of hydrogen-bond acceptors (Lipinski definition) is 3. The Morgan fingerprint density at radius 2 is 1.73 bits per heavy atom. The van der Waals surface area contributed by atoms with E-state index < -0.39 is 10.0 Å². The van der Waals surface area contributed by atoms with Crippen molar-refractivity contribution in [1.29, 1.82) is 0 Å². The minimum Gasteiger partial charge on any atom is -0.490 e. The average molecular weight is 338 g/mol. The lowest BCUT2D eigenvalue weighted by Crippen LogP contribution is -2.15. The Labute approximate surface area is 135 Å². The van der Waals surface area contributed by atoms with E-state index in [1.54, 1.807) is 54.6 Å². The number of sulfonamides is 1. The van der Waals surface area contributed by atoms with Crippen molar-refractivity contribution in [2.24, 2.45) is 0 Å². The van der Waals surface area contributed by atoms with Gasteiger partial charge in [-0.15, -0.1) is 0 Å². The van der Waals surface area contributed by atoms with E-state index in [1.807, 2.05) is 0 Å². The van der Waals surface area contributed by atoms with Crippen molar-refractivity contribution >= 4 is 27.3 Å². The van der Waals surface area contributed by atoms with E-state index in [1.165, 1.54) is 0 Å². The van der Waals surface area contributed by atoms with Crippen LogP contribution >= 0.6 is 11.6 Å². The molecule has 0 aliphatic rings. The average Bonchev–Trinajstić information content (AvgIpc) is 2.48. The predicted molar refractivity (Wildman–Crippen MR) is 89.8 cm³/mol. The molecule has 22 heavy (non-hydrogen) atoms. The highest BCUT2D eigenvalue weighted by Gasteiger charge is 2.11. The van der Waals surface area contributed by atoms with Gasteiger partial charge in [-0.1, -0.05) is 36.4 Å². The molecule has 1 N–H and O–H groups in total. The molecule has 2 aromatic carbocycles. The number of rotatable bonds is 7. The molecule has 0 heterocycles. The Morgan fingerprint density at radius 3 is 2.32 bits per heavy atom. The summed E-state index contributed by atoms with van der Waals surface area (Å²) in [6, 6.07) is 13.4. The van der Waals surface area contributed by atoms with E-state index in [0.29, 0.717) is 28.6 Å². The van der Waals surface area contributed by atoms with E-state index >= 15 is 0 Å². The Kier molecular flexibility index (Phi) is 5.46. The maximum absolute atomic E-state index is 12.1. The summed E-state index contributed by atoms with van der Waals surface area (Å²) in [4.78, 5) is 0. The summed E-state index contributed by atoms with van der Waals surface area (Å²) in [5.41, 5.74) is 1.16. The standard InChI is InChI=1S/C16H16ClNO3S/c1-2-11-21-16-9-7-15(8-10-16)18-22(19,20)12-13-3-5-14(17)6-4-13/h2-10,18H,1,11-12H2. The van der Waals surface area contributed by atoms with Gasteiger partial charge in [0.2, 0.25) is 10.0 Å². The van der Waals surface area contributed by atoms with Crippen molar-refractivity contribution < 1.29 is 13.2 Å². The fourth-order valence-electron chi connectivity index (χ4n) is 1.79. The lowest BCUT2D eigenvalue weighted by molar-refractivity contribution is 0.363. The Morgan fingerprint density at radius 1 is 1.09 bits per heavy atom. The SMILES string of the molecule is C=CCOc1ccc(NS(=O)(=O)Cc2ccc(Cl)cc2)cc1. The number of nitrogens with one attached hydrogen (secondary N) is 1. The highest BCUT2D eigenvalue weighted by molar-refractivity contribution is 7.91. The number of anilines is 1. The normalized spacial score (nSPS) is 11.0. The zero-order valence-corrected chi connectivity index (χ0v) is 13.4. The molecule has 2 rings (SSSR count). The molecule has 0 aliphatic carbocycles. The Hall–Kier alpha value is -1.98. The lowest BCUT2D eigenvalue weighted by atomic mass is 10.2. The summed E-state index contributed by atoms with van der Waals surface area (Å²) < 4.78 is 32.1. The van der Waals surface area contributed by atoms with Crippen LogP contribution in [0.5, 0.6) is 5.75 Å². The second kappa shape index (κ2) is 7.33. The van der Waals surface area contributed by atoms with E-state index in [-0.39, 0.29) is 5.75 Å². The second-order valence-corrected chi connectivity index (χ2v) is 6.77. The van der Waals surface area contributed by atoms with E-state index in [9.17, 15) is 8.42 Å². The molecule has 0 saturated carbocycles. The third kappa shape index (κ3) is 5.09. The van der Waals surface area contributed by atoms with E-state index in [4.69, 9.17) is 16.3 Å². The molecular weight excluding hydrogens is 322 g/mol. The van der Waals surface area contributed by atoms with Crippen molar-refractivity contribution in [1.82, 2.24) is 0 Å². The first kappa shape index (κ1) is 16.4. The minimum absolute atomic E-state index is 0.112. The fraction of sp³-hybridized carbons (Fsp3) is 0.125. The molecule has 0 saturated heterocycles.